The van der Waals surface area contributed by atoms with Crippen molar-refractivity contribution in [1.29, 1.82) is 0 Å². The SMILES string of the molecule is CCOC(=O)c1ncsc1NS(=O)(=O)c1ccc([N+](=O)[O-])cc1. The summed E-state index contributed by atoms with van der Waals surface area (Å²) in [6.45, 7) is 1.75. The number of aromatic nitrogens is 1. The van der Waals surface area contributed by atoms with Crippen molar-refractivity contribution >= 4 is 38.0 Å². The summed E-state index contributed by atoms with van der Waals surface area (Å²) in [5.74, 6) is -0.741. The Morgan fingerprint density at radius 2 is 2.04 bits per heavy atom. The Morgan fingerprint density at radius 3 is 2.61 bits per heavy atom. The van der Waals surface area contributed by atoms with Crippen LogP contribution in [0, 0.1) is 10.1 Å². The van der Waals surface area contributed by atoms with Crippen LogP contribution >= 0.6 is 11.3 Å². The molecule has 9 nitrogen and oxygen atoms in total. The normalized spacial score (nSPS) is 11.0. The van der Waals surface area contributed by atoms with Crippen molar-refractivity contribution in [2.24, 2.45) is 0 Å². The first-order valence-electron chi connectivity index (χ1n) is 6.23. The minimum Gasteiger partial charge on any atom is -0.461 e. The van der Waals surface area contributed by atoms with Gasteiger partial charge in [-0.2, -0.15) is 0 Å². The highest BCUT2D eigenvalue weighted by atomic mass is 32.2. The van der Waals surface area contributed by atoms with Crippen LogP contribution in [0.1, 0.15) is 17.4 Å². The maximum atomic E-state index is 12.3. The number of hydrogen-bond donors (Lipinski definition) is 1. The second-order valence-electron chi connectivity index (χ2n) is 4.11. The number of carbonyl (C=O) groups excluding carboxylic acids is 1. The van der Waals surface area contributed by atoms with E-state index in [-0.39, 0.29) is 27.9 Å². The Bertz CT molecular complexity index is 829. The summed E-state index contributed by atoms with van der Waals surface area (Å²) in [6.07, 6.45) is 0. The average molecular weight is 357 g/mol. The van der Waals surface area contributed by atoms with Gasteiger partial charge in [-0.25, -0.2) is 18.2 Å². The average Bonchev–Trinajstić information content (AvgIpc) is 2.95. The molecule has 0 amide bonds. The lowest BCUT2D eigenvalue weighted by atomic mass is 10.3. The van der Waals surface area contributed by atoms with Crippen molar-refractivity contribution in [2.45, 2.75) is 11.8 Å². The quantitative estimate of drug-likeness (QED) is 0.476. The first-order valence-corrected chi connectivity index (χ1v) is 8.59. The van der Waals surface area contributed by atoms with Gasteiger partial charge in [0.15, 0.2) is 5.69 Å². The second kappa shape index (κ2) is 6.71. The van der Waals surface area contributed by atoms with Gasteiger partial charge in [0.1, 0.15) is 5.00 Å². The zero-order chi connectivity index (χ0) is 17.0. The molecular weight excluding hydrogens is 346 g/mol. The third kappa shape index (κ3) is 3.81. The number of benzene rings is 1. The van der Waals surface area contributed by atoms with Crippen LogP contribution in [0.4, 0.5) is 10.7 Å². The van der Waals surface area contributed by atoms with E-state index in [0.717, 1.165) is 35.6 Å². The number of nitrogens with zero attached hydrogens (tertiary/aromatic N) is 2. The summed E-state index contributed by atoms with van der Waals surface area (Å²) >= 11 is 0.923. The largest absolute Gasteiger partial charge is 0.461 e. The number of nitro benzene ring substituents is 1. The number of rotatable bonds is 6. The molecule has 0 aliphatic carbocycles. The molecule has 0 saturated heterocycles. The maximum absolute atomic E-state index is 12.3. The monoisotopic (exact) mass is 357 g/mol. The number of nitro groups is 1. The van der Waals surface area contributed by atoms with Crippen molar-refractivity contribution in [2.75, 3.05) is 11.3 Å². The summed E-state index contributed by atoms with van der Waals surface area (Å²) in [5.41, 5.74) is 0.941. The topological polar surface area (TPSA) is 128 Å². The first kappa shape index (κ1) is 16.8. The third-order valence-corrected chi connectivity index (χ3v) is 4.86. The van der Waals surface area contributed by atoms with Gasteiger partial charge in [0, 0.05) is 12.1 Å². The van der Waals surface area contributed by atoms with Crippen molar-refractivity contribution in [3.63, 3.8) is 0 Å². The van der Waals surface area contributed by atoms with E-state index >= 15 is 0 Å². The maximum Gasteiger partial charge on any atom is 0.360 e. The molecule has 0 saturated carbocycles. The zero-order valence-corrected chi connectivity index (χ0v) is 13.4. The number of nitrogens with one attached hydrogen (secondary N) is 1. The van der Waals surface area contributed by atoms with E-state index in [0.29, 0.717) is 0 Å². The van der Waals surface area contributed by atoms with E-state index in [1.165, 1.54) is 5.51 Å². The fraction of sp³-hybridized carbons (Fsp3) is 0.167. The lowest BCUT2D eigenvalue weighted by molar-refractivity contribution is -0.384. The number of esters is 1. The smallest absolute Gasteiger partial charge is 0.360 e. The molecule has 0 spiro atoms. The fourth-order valence-electron chi connectivity index (χ4n) is 1.59. The van der Waals surface area contributed by atoms with Crippen molar-refractivity contribution in [3.8, 4) is 0 Å². The van der Waals surface area contributed by atoms with Gasteiger partial charge < -0.3 is 4.74 Å². The van der Waals surface area contributed by atoms with E-state index in [2.05, 4.69) is 9.71 Å². The van der Waals surface area contributed by atoms with Crippen LogP contribution in [0.15, 0.2) is 34.7 Å². The number of hydrogen-bond acceptors (Lipinski definition) is 8. The van der Waals surface area contributed by atoms with Crippen LogP contribution in [0.3, 0.4) is 0 Å². The number of thiazole rings is 1. The number of ether oxygens (including phenoxy) is 1. The van der Waals surface area contributed by atoms with Gasteiger partial charge in [0.2, 0.25) is 0 Å². The zero-order valence-electron chi connectivity index (χ0n) is 11.8. The molecule has 23 heavy (non-hydrogen) atoms. The summed E-state index contributed by atoms with van der Waals surface area (Å²) < 4.78 is 31.5. The van der Waals surface area contributed by atoms with E-state index in [1.807, 2.05) is 0 Å². The highest BCUT2D eigenvalue weighted by molar-refractivity contribution is 7.93. The van der Waals surface area contributed by atoms with Crippen LogP contribution in [-0.4, -0.2) is 30.9 Å². The molecule has 0 fully saturated rings. The van der Waals surface area contributed by atoms with Gasteiger partial charge >= 0.3 is 5.97 Å². The molecule has 1 aromatic heterocycles. The van der Waals surface area contributed by atoms with Crippen molar-refractivity contribution in [1.82, 2.24) is 4.98 Å². The number of carbonyl (C=O) groups is 1. The molecule has 0 atom stereocenters. The second-order valence-corrected chi connectivity index (χ2v) is 6.64. The minimum absolute atomic E-state index is 0.0156. The summed E-state index contributed by atoms with van der Waals surface area (Å²) in [6, 6.07) is 4.36. The predicted molar refractivity (Wildman–Crippen MR) is 82.0 cm³/mol. The van der Waals surface area contributed by atoms with Crippen LogP contribution < -0.4 is 4.72 Å². The lowest BCUT2D eigenvalue weighted by Crippen LogP contribution is -2.15. The van der Waals surface area contributed by atoms with Crippen LogP contribution in [0.2, 0.25) is 0 Å². The Balaban J connectivity index is 2.27. The molecule has 11 heteroatoms. The summed E-state index contributed by atoms with van der Waals surface area (Å²) in [4.78, 5) is 25.2. The molecule has 0 radical (unpaired) electrons. The highest BCUT2D eigenvalue weighted by Crippen LogP contribution is 2.25. The minimum atomic E-state index is -4.01. The van der Waals surface area contributed by atoms with Gasteiger partial charge in [-0.15, -0.1) is 11.3 Å². The molecular formula is C12H11N3O6S2. The van der Waals surface area contributed by atoms with E-state index in [1.54, 1.807) is 6.92 Å². The molecule has 1 N–H and O–H groups in total. The van der Waals surface area contributed by atoms with Crippen LogP contribution in [0.25, 0.3) is 0 Å². The Kier molecular flexibility index (Phi) is 4.91. The van der Waals surface area contributed by atoms with Crippen molar-refractivity contribution < 1.29 is 22.9 Å². The Labute approximate surface area is 135 Å². The molecule has 122 valence electrons. The van der Waals surface area contributed by atoms with Crippen molar-refractivity contribution in [3.05, 3.63) is 45.6 Å². The van der Waals surface area contributed by atoms with Gasteiger partial charge in [0.25, 0.3) is 15.7 Å². The molecule has 0 unspecified atom stereocenters. The number of anilines is 1. The number of non-ortho nitro benzene ring substituents is 1. The van der Waals surface area contributed by atoms with Gasteiger partial charge in [-0.1, -0.05) is 0 Å². The molecule has 0 aliphatic heterocycles. The molecule has 1 aromatic carbocycles. The van der Waals surface area contributed by atoms with E-state index in [9.17, 15) is 23.3 Å². The van der Waals surface area contributed by atoms with E-state index < -0.39 is 20.9 Å². The predicted octanol–water partition coefficient (Wildman–Crippen LogP) is 2.03. The molecule has 0 aliphatic rings. The summed E-state index contributed by atoms with van der Waals surface area (Å²) in [7, 11) is -4.01. The molecule has 1 heterocycles. The van der Waals surface area contributed by atoms with Crippen LogP contribution in [-0.2, 0) is 14.8 Å². The molecule has 2 aromatic rings. The number of sulfonamides is 1. The Hall–Kier alpha value is -2.53. The fourth-order valence-corrected chi connectivity index (χ4v) is 3.58. The highest BCUT2D eigenvalue weighted by Gasteiger charge is 2.22. The van der Waals surface area contributed by atoms with Gasteiger partial charge in [0.05, 0.1) is 21.9 Å². The molecule has 2 rings (SSSR count). The standard InChI is InChI=1S/C12H11N3O6S2/c1-2-21-12(16)10-11(22-7-13-10)14-23(19,20)9-5-3-8(4-6-9)15(17)18/h3-7,14H,2H2,1H3. The van der Waals surface area contributed by atoms with Gasteiger partial charge in [-0.05, 0) is 19.1 Å². The molecule has 0 bridgehead atoms. The first-order chi connectivity index (χ1) is 10.8. The third-order valence-electron chi connectivity index (χ3n) is 2.62. The summed E-state index contributed by atoms with van der Waals surface area (Å²) in [5, 5.41) is 10.6. The lowest BCUT2D eigenvalue weighted by Gasteiger charge is -2.07. The van der Waals surface area contributed by atoms with Crippen LogP contribution in [0.5, 0.6) is 0 Å². The Morgan fingerprint density at radius 1 is 1.39 bits per heavy atom. The van der Waals surface area contributed by atoms with Gasteiger partial charge in [-0.3, -0.25) is 14.8 Å². The van der Waals surface area contributed by atoms with E-state index in [4.69, 9.17) is 4.74 Å².